The van der Waals surface area contributed by atoms with Gasteiger partial charge in [-0.1, -0.05) is 48.5 Å². The average molecular weight is 398 g/mol. The van der Waals surface area contributed by atoms with Crippen LogP contribution in [0.2, 0.25) is 0 Å². The van der Waals surface area contributed by atoms with Crippen molar-refractivity contribution in [3.8, 4) is 0 Å². The number of amides is 2. The minimum absolute atomic E-state index is 0.0666. The van der Waals surface area contributed by atoms with E-state index >= 15 is 0 Å². The molecule has 0 bridgehead atoms. The van der Waals surface area contributed by atoms with E-state index in [1.807, 2.05) is 42.5 Å². The summed E-state index contributed by atoms with van der Waals surface area (Å²) < 4.78 is 5.67. The molecule has 0 atom stereocenters. The number of carbonyl (C=O) groups is 2. The first kappa shape index (κ1) is 18.9. The number of hydrogen-bond donors (Lipinski definition) is 3. The smallest absolute Gasteiger partial charge is 0.273 e. The first-order valence-electron chi connectivity index (χ1n) is 9.20. The van der Waals surface area contributed by atoms with Crippen molar-refractivity contribution in [2.24, 2.45) is 10.8 Å². The van der Waals surface area contributed by atoms with Gasteiger partial charge >= 0.3 is 0 Å². The third-order valence-corrected chi connectivity index (χ3v) is 4.40. The summed E-state index contributed by atoms with van der Waals surface area (Å²) in [7, 11) is 0. The lowest BCUT2D eigenvalue weighted by atomic mass is 10.1. The second-order valence-electron chi connectivity index (χ2n) is 6.46. The van der Waals surface area contributed by atoms with Crippen LogP contribution in [0.3, 0.4) is 0 Å². The standard InChI is InChI=1S/C23H18N4O3/c24-21(28)18-14-15-8-4-7-13-20(15)30-23(18)27-26-22(29)17-11-5-6-12-19(17)25-16-9-2-1-3-10-16/h1-14,25H,(H2,24,28)(H,26,29)/b27-23+. The SMILES string of the molecule is NC(=O)c1cc2ccccc2o/c1=N/NC(=O)c1ccccc1Nc1ccccc1. The molecule has 3 aromatic carbocycles. The van der Waals surface area contributed by atoms with Gasteiger partial charge in [-0.25, -0.2) is 5.43 Å². The van der Waals surface area contributed by atoms with Gasteiger partial charge in [0.05, 0.1) is 11.3 Å². The minimum Gasteiger partial charge on any atom is -0.436 e. The van der Waals surface area contributed by atoms with Gasteiger partial charge in [0.2, 0.25) is 5.55 Å². The highest BCUT2D eigenvalue weighted by molar-refractivity contribution is 6.00. The van der Waals surface area contributed by atoms with E-state index in [0.29, 0.717) is 22.2 Å². The molecule has 1 aromatic heterocycles. The van der Waals surface area contributed by atoms with Gasteiger partial charge in [-0.05, 0) is 36.4 Å². The van der Waals surface area contributed by atoms with E-state index in [1.54, 1.807) is 42.5 Å². The summed E-state index contributed by atoms with van der Waals surface area (Å²) in [6, 6.07) is 25.2. The fourth-order valence-corrected chi connectivity index (χ4v) is 2.96. The molecule has 4 N–H and O–H groups in total. The number of anilines is 2. The highest BCUT2D eigenvalue weighted by Crippen LogP contribution is 2.20. The Morgan fingerprint density at radius 2 is 1.53 bits per heavy atom. The predicted octanol–water partition coefficient (Wildman–Crippen LogP) is 3.52. The molecule has 0 aliphatic rings. The van der Waals surface area contributed by atoms with Crippen molar-refractivity contribution in [1.29, 1.82) is 0 Å². The van der Waals surface area contributed by atoms with Crippen LogP contribution in [-0.2, 0) is 0 Å². The number of carbonyl (C=O) groups excluding carboxylic acids is 2. The minimum atomic E-state index is -0.705. The van der Waals surface area contributed by atoms with E-state index in [0.717, 1.165) is 5.69 Å². The van der Waals surface area contributed by atoms with Gasteiger partial charge < -0.3 is 15.5 Å². The van der Waals surface area contributed by atoms with Crippen LogP contribution < -0.4 is 22.0 Å². The quantitative estimate of drug-likeness (QED) is 0.447. The monoisotopic (exact) mass is 398 g/mol. The fraction of sp³-hybridized carbons (Fsp3) is 0. The number of nitrogens with one attached hydrogen (secondary N) is 2. The van der Waals surface area contributed by atoms with Crippen LogP contribution in [0.5, 0.6) is 0 Å². The van der Waals surface area contributed by atoms with E-state index in [-0.39, 0.29) is 11.1 Å². The van der Waals surface area contributed by atoms with Crippen molar-refractivity contribution in [1.82, 2.24) is 5.43 Å². The van der Waals surface area contributed by atoms with Crippen LogP contribution in [0.4, 0.5) is 11.4 Å². The molecule has 7 nitrogen and oxygen atoms in total. The van der Waals surface area contributed by atoms with Crippen LogP contribution in [0.25, 0.3) is 11.0 Å². The van der Waals surface area contributed by atoms with Gasteiger partial charge in [-0.2, -0.15) is 0 Å². The summed E-state index contributed by atoms with van der Waals surface area (Å²) in [5.41, 5.74) is 10.3. The molecule has 7 heteroatoms. The second-order valence-corrected chi connectivity index (χ2v) is 6.46. The molecule has 2 amide bonds. The van der Waals surface area contributed by atoms with Crippen molar-refractivity contribution in [2.45, 2.75) is 0 Å². The van der Waals surface area contributed by atoms with Gasteiger partial charge in [-0.15, -0.1) is 5.10 Å². The van der Waals surface area contributed by atoms with Crippen LogP contribution in [0, 0.1) is 0 Å². The first-order chi connectivity index (χ1) is 14.6. The van der Waals surface area contributed by atoms with Crippen molar-refractivity contribution in [3.05, 3.63) is 102 Å². The van der Waals surface area contributed by atoms with Gasteiger partial charge in [-0.3, -0.25) is 9.59 Å². The molecule has 4 aromatic rings. The molecule has 0 spiro atoms. The lowest BCUT2D eigenvalue weighted by Gasteiger charge is -2.10. The predicted molar refractivity (Wildman–Crippen MR) is 114 cm³/mol. The molecule has 4 rings (SSSR count). The Bertz CT molecular complexity index is 1300. The third kappa shape index (κ3) is 4.05. The van der Waals surface area contributed by atoms with Crippen LogP contribution in [0.15, 0.2) is 94.4 Å². The highest BCUT2D eigenvalue weighted by Gasteiger charge is 2.13. The van der Waals surface area contributed by atoms with Crippen LogP contribution in [0.1, 0.15) is 20.7 Å². The van der Waals surface area contributed by atoms with E-state index < -0.39 is 11.8 Å². The highest BCUT2D eigenvalue weighted by atomic mass is 16.3. The molecule has 0 aliphatic carbocycles. The molecule has 0 saturated carbocycles. The normalized spacial score (nSPS) is 11.3. The zero-order valence-electron chi connectivity index (χ0n) is 15.8. The molecule has 0 aliphatic heterocycles. The number of para-hydroxylation sites is 3. The van der Waals surface area contributed by atoms with E-state index in [2.05, 4.69) is 15.8 Å². The number of rotatable bonds is 5. The largest absolute Gasteiger partial charge is 0.436 e. The molecule has 30 heavy (non-hydrogen) atoms. The Morgan fingerprint density at radius 3 is 2.33 bits per heavy atom. The Hall–Kier alpha value is -4.39. The van der Waals surface area contributed by atoms with Gasteiger partial charge in [0, 0.05) is 11.1 Å². The topological polar surface area (TPSA) is 110 Å². The van der Waals surface area contributed by atoms with E-state index in [4.69, 9.17) is 10.2 Å². The molecular weight excluding hydrogens is 380 g/mol. The summed E-state index contributed by atoms with van der Waals surface area (Å²) in [5.74, 6) is -1.17. The number of hydrogen-bond acceptors (Lipinski definition) is 5. The third-order valence-electron chi connectivity index (χ3n) is 4.40. The summed E-state index contributed by atoms with van der Waals surface area (Å²) in [6.45, 7) is 0. The number of primary amides is 1. The van der Waals surface area contributed by atoms with Crippen molar-refractivity contribution < 1.29 is 14.0 Å². The van der Waals surface area contributed by atoms with Crippen LogP contribution >= 0.6 is 0 Å². The van der Waals surface area contributed by atoms with Crippen LogP contribution in [-0.4, -0.2) is 11.8 Å². The lowest BCUT2D eigenvalue weighted by Crippen LogP contribution is -2.27. The van der Waals surface area contributed by atoms with E-state index in [1.165, 1.54) is 0 Å². The van der Waals surface area contributed by atoms with Gasteiger partial charge in [0.15, 0.2) is 0 Å². The second kappa shape index (κ2) is 8.32. The Kier molecular flexibility index (Phi) is 5.25. The maximum Gasteiger partial charge on any atom is 0.273 e. The lowest BCUT2D eigenvalue weighted by molar-refractivity contribution is 0.0947. The zero-order chi connectivity index (χ0) is 20.9. The maximum atomic E-state index is 12.8. The molecule has 0 saturated heterocycles. The summed E-state index contributed by atoms with van der Waals surface area (Å²) in [4.78, 5) is 24.6. The van der Waals surface area contributed by atoms with Crippen molar-refractivity contribution in [2.75, 3.05) is 5.32 Å². The fourth-order valence-electron chi connectivity index (χ4n) is 2.96. The molecule has 0 fully saturated rings. The average Bonchev–Trinajstić information content (AvgIpc) is 2.78. The zero-order valence-corrected chi connectivity index (χ0v) is 15.8. The molecule has 0 radical (unpaired) electrons. The van der Waals surface area contributed by atoms with Gasteiger partial charge in [0.1, 0.15) is 11.1 Å². The molecule has 148 valence electrons. The number of nitrogens with two attached hydrogens (primary N) is 1. The number of benzene rings is 3. The summed E-state index contributed by atoms with van der Waals surface area (Å²) in [6.07, 6.45) is 0. The number of fused-ring (bicyclic) bond motifs is 1. The van der Waals surface area contributed by atoms with E-state index in [9.17, 15) is 9.59 Å². The summed E-state index contributed by atoms with van der Waals surface area (Å²) in [5, 5.41) is 7.92. The first-order valence-corrected chi connectivity index (χ1v) is 9.20. The Labute approximate surface area is 171 Å². The number of nitrogens with zero attached hydrogens (tertiary/aromatic N) is 1. The maximum absolute atomic E-state index is 12.8. The molecule has 0 unspecified atom stereocenters. The molecule has 1 heterocycles. The molecular formula is C23H18N4O3. The van der Waals surface area contributed by atoms with Crippen molar-refractivity contribution >= 4 is 34.2 Å². The van der Waals surface area contributed by atoms with Gasteiger partial charge in [0.25, 0.3) is 11.8 Å². The summed E-state index contributed by atoms with van der Waals surface area (Å²) >= 11 is 0. The van der Waals surface area contributed by atoms with Crippen molar-refractivity contribution in [3.63, 3.8) is 0 Å². The Balaban J connectivity index is 1.66. The Morgan fingerprint density at radius 1 is 0.833 bits per heavy atom.